The second-order valence-electron chi connectivity index (χ2n) is 8.02. The zero-order valence-corrected chi connectivity index (χ0v) is 17.5. The van der Waals surface area contributed by atoms with Gasteiger partial charge in [0.05, 0.1) is 0 Å². The van der Waals surface area contributed by atoms with E-state index in [0.29, 0.717) is 18.7 Å². The summed E-state index contributed by atoms with van der Waals surface area (Å²) in [5, 5.41) is 2.95. The summed E-state index contributed by atoms with van der Waals surface area (Å²) in [7, 11) is 0. The van der Waals surface area contributed by atoms with Crippen molar-refractivity contribution in [1.82, 2.24) is 20.1 Å². The Morgan fingerprint density at radius 3 is 2.34 bits per heavy atom. The van der Waals surface area contributed by atoms with Gasteiger partial charge in [0.15, 0.2) is 0 Å². The van der Waals surface area contributed by atoms with E-state index in [1.807, 2.05) is 50.1 Å². The summed E-state index contributed by atoms with van der Waals surface area (Å²) in [6.07, 6.45) is 3.66. The van der Waals surface area contributed by atoms with Crippen molar-refractivity contribution in [3.63, 3.8) is 0 Å². The molecule has 0 radical (unpaired) electrons. The van der Waals surface area contributed by atoms with Crippen LogP contribution < -0.4 is 5.32 Å². The lowest BCUT2D eigenvalue weighted by atomic mass is 10.0. The van der Waals surface area contributed by atoms with Gasteiger partial charge >= 0.3 is 0 Å². The Bertz CT molecular complexity index is 813. The fourth-order valence-electron chi connectivity index (χ4n) is 3.52. The third-order valence-electron chi connectivity index (χ3n) is 5.35. The van der Waals surface area contributed by atoms with Crippen LogP contribution in [0.25, 0.3) is 0 Å². The summed E-state index contributed by atoms with van der Waals surface area (Å²) in [4.78, 5) is 34.1. The van der Waals surface area contributed by atoms with Crippen molar-refractivity contribution in [3.05, 3.63) is 65.5 Å². The molecule has 0 bridgehead atoms. The predicted molar refractivity (Wildman–Crippen MR) is 113 cm³/mol. The summed E-state index contributed by atoms with van der Waals surface area (Å²) < 4.78 is 0. The number of piperazine rings is 1. The molecule has 1 aliphatic rings. The number of carbonyl (C=O) groups excluding carboxylic acids is 2. The van der Waals surface area contributed by atoms with Gasteiger partial charge < -0.3 is 10.2 Å². The number of nitrogens with zero attached hydrogens (tertiary/aromatic N) is 3. The van der Waals surface area contributed by atoms with E-state index in [2.05, 4.69) is 21.3 Å². The summed E-state index contributed by atoms with van der Waals surface area (Å²) in [6, 6.07) is 10.9. The van der Waals surface area contributed by atoms with E-state index < -0.39 is 6.04 Å². The molecule has 29 heavy (non-hydrogen) atoms. The fourth-order valence-corrected chi connectivity index (χ4v) is 3.52. The molecule has 6 heteroatoms. The maximum Gasteiger partial charge on any atom is 0.251 e. The van der Waals surface area contributed by atoms with Gasteiger partial charge in [-0.15, -0.1) is 0 Å². The smallest absolute Gasteiger partial charge is 0.251 e. The average Bonchev–Trinajstić information content (AvgIpc) is 2.73. The van der Waals surface area contributed by atoms with Crippen molar-refractivity contribution >= 4 is 11.8 Å². The number of nitrogens with one attached hydrogen (secondary N) is 1. The third kappa shape index (κ3) is 5.64. The molecule has 2 heterocycles. The monoisotopic (exact) mass is 394 g/mol. The maximum absolute atomic E-state index is 13.1. The third-order valence-corrected chi connectivity index (χ3v) is 5.35. The summed E-state index contributed by atoms with van der Waals surface area (Å²) in [5.74, 6) is -0.181. The molecule has 1 fully saturated rings. The van der Waals surface area contributed by atoms with E-state index >= 15 is 0 Å². The van der Waals surface area contributed by atoms with E-state index in [1.54, 1.807) is 18.3 Å². The highest BCUT2D eigenvalue weighted by Gasteiger charge is 2.30. The van der Waals surface area contributed by atoms with Crippen LogP contribution in [0.5, 0.6) is 0 Å². The lowest BCUT2D eigenvalue weighted by Gasteiger charge is -2.37. The molecule has 0 saturated carbocycles. The number of hydrogen-bond acceptors (Lipinski definition) is 4. The zero-order valence-electron chi connectivity index (χ0n) is 17.5. The van der Waals surface area contributed by atoms with Crippen LogP contribution in [-0.2, 0) is 11.3 Å². The molecular weight excluding hydrogens is 364 g/mol. The molecule has 0 spiro atoms. The Hall–Kier alpha value is -2.73. The molecule has 3 rings (SSSR count). The number of rotatable bonds is 6. The van der Waals surface area contributed by atoms with Crippen molar-refractivity contribution in [3.8, 4) is 0 Å². The van der Waals surface area contributed by atoms with Gasteiger partial charge in [-0.2, -0.15) is 0 Å². The van der Waals surface area contributed by atoms with Gasteiger partial charge in [0.2, 0.25) is 5.91 Å². The summed E-state index contributed by atoms with van der Waals surface area (Å²) >= 11 is 0. The van der Waals surface area contributed by atoms with Crippen molar-refractivity contribution in [2.75, 3.05) is 26.2 Å². The first kappa shape index (κ1) is 21.0. The minimum atomic E-state index is -0.520. The molecule has 1 unspecified atom stereocenters. The second-order valence-corrected chi connectivity index (χ2v) is 8.02. The van der Waals surface area contributed by atoms with E-state index in [-0.39, 0.29) is 17.7 Å². The lowest BCUT2D eigenvalue weighted by molar-refractivity contribution is -0.136. The maximum atomic E-state index is 13.1. The van der Waals surface area contributed by atoms with E-state index in [1.165, 1.54) is 5.56 Å². The Morgan fingerprint density at radius 1 is 1.07 bits per heavy atom. The van der Waals surface area contributed by atoms with E-state index in [0.717, 1.165) is 25.2 Å². The minimum Gasteiger partial charge on any atom is -0.340 e. The molecule has 1 aliphatic heterocycles. The number of pyridine rings is 1. The van der Waals surface area contributed by atoms with Crippen LogP contribution in [0.1, 0.15) is 35.3 Å². The topological polar surface area (TPSA) is 65.5 Å². The largest absolute Gasteiger partial charge is 0.340 e. The fraction of sp³-hybridized carbons (Fsp3) is 0.435. The number of aryl methyl sites for hydroxylation is 1. The molecule has 2 amide bonds. The molecule has 2 aromatic rings. The molecule has 1 N–H and O–H groups in total. The van der Waals surface area contributed by atoms with Crippen molar-refractivity contribution < 1.29 is 9.59 Å². The Kier molecular flexibility index (Phi) is 6.99. The molecule has 1 aromatic heterocycles. The molecule has 1 saturated heterocycles. The Morgan fingerprint density at radius 2 is 1.76 bits per heavy atom. The molecular formula is C23H30N4O2. The summed E-state index contributed by atoms with van der Waals surface area (Å²) in [6.45, 7) is 9.73. The van der Waals surface area contributed by atoms with Gasteiger partial charge in [-0.25, -0.2) is 0 Å². The molecule has 1 aromatic carbocycles. The zero-order chi connectivity index (χ0) is 20.8. The number of aromatic nitrogens is 1. The predicted octanol–water partition coefficient (Wildman–Crippen LogP) is 2.49. The Balaban J connectivity index is 1.57. The van der Waals surface area contributed by atoms with E-state index in [9.17, 15) is 9.59 Å². The number of hydrogen-bond donors (Lipinski definition) is 1. The molecule has 6 nitrogen and oxygen atoms in total. The Labute approximate surface area is 172 Å². The quantitative estimate of drug-likeness (QED) is 0.818. The first-order valence-electron chi connectivity index (χ1n) is 10.2. The van der Waals surface area contributed by atoms with Gasteiger partial charge in [-0.3, -0.25) is 19.5 Å². The molecule has 154 valence electrons. The molecule has 1 atom stereocenters. The highest BCUT2D eigenvalue weighted by Crippen LogP contribution is 2.13. The van der Waals surface area contributed by atoms with Crippen LogP contribution >= 0.6 is 0 Å². The van der Waals surface area contributed by atoms with Crippen LogP contribution in [0.4, 0.5) is 0 Å². The van der Waals surface area contributed by atoms with Gasteiger partial charge in [0, 0.05) is 50.7 Å². The van der Waals surface area contributed by atoms with Crippen LogP contribution in [0.3, 0.4) is 0 Å². The number of benzene rings is 1. The molecule has 0 aliphatic carbocycles. The highest BCUT2D eigenvalue weighted by atomic mass is 16.2. The van der Waals surface area contributed by atoms with Gasteiger partial charge in [-0.1, -0.05) is 37.6 Å². The first-order valence-corrected chi connectivity index (χ1v) is 10.2. The van der Waals surface area contributed by atoms with Gasteiger partial charge in [0.1, 0.15) is 6.04 Å². The normalized spacial score (nSPS) is 15.9. The minimum absolute atomic E-state index is 0.00138. The van der Waals surface area contributed by atoms with Crippen LogP contribution in [0.15, 0.2) is 48.8 Å². The highest BCUT2D eigenvalue weighted by molar-refractivity contribution is 5.97. The van der Waals surface area contributed by atoms with Crippen LogP contribution in [-0.4, -0.2) is 58.8 Å². The van der Waals surface area contributed by atoms with E-state index in [4.69, 9.17) is 0 Å². The average molecular weight is 395 g/mol. The van der Waals surface area contributed by atoms with Gasteiger partial charge in [0.25, 0.3) is 5.91 Å². The first-order chi connectivity index (χ1) is 13.9. The SMILES string of the molecule is Cc1ccc(C(=O)NC(C(=O)N2CCN(Cc3cccnc3)CC2)C(C)C)cc1. The van der Waals surface area contributed by atoms with Crippen molar-refractivity contribution in [2.24, 2.45) is 5.92 Å². The summed E-state index contributed by atoms with van der Waals surface area (Å²) in [5.41, 5.74) is 2.86. The number of carbonyl (C=O) groups is 2. The standard InChI is InChI=1S/C23H30N4O2/c1-17(2)21(25-22(28)20-8-6-18(3)7-9-20)23(29)27-13-11-26(12-14-27)16-19-5-4-10-24-15-19/h4-10,15,17,21H,11-14,16H2,1-3H3,(H,25,28). The number of amides is 2. The van der Waals surface area contributed by atoms with Crippen molar-refractivity contribution in [2.45, 2.75) is 33.4 Å². The van der Waals surface area contributed by atoms with Crippen LogP contribution in [0, 0.1) is 12.8 Å². The second kappa shape index (κ2) is 9.65. The van der Waals surface area contributed by atoms with Crippen LogP contribution in [0.2, 0.25) is 0 Å². The van der Waals surface area contributed by atoms with Crippen molar-refractivity contribution in [1.29, 1.82) is 0 Å². The van der Waals surface area contributed by atoms with Gasteiger partial charge in [-0.05, 0) is 36.6 Å². The lowest BCUT2D eigenvalue weighted by Crippen LogP contribution is -2.56.